The van der Waals surface area contributed by atoms with Gasteiger partial charge in [-0.3, -0.25) is 4.98 Å². The van der Waals surface area contributed by atoms with Crippen LogP contribution < -0.4 is 4.90 Å². The van der Waals surface area contributed by atoms with Crippen molar-refractivity contribution < 1.29 is 0 Å². The monoisotopic (exact) mass is 814 g/mol. The third kappa shape index (κ3) is 5.02. The Morgan fingerprint density at radius 1 is 0.359 bits per heavy atom. The second kappa shape index (κ2) is 13.4. The molecule has 0 atom stereocenters. The number of para-hydroxylation sites is 1. The maximum atomic E-state index is 4.98. The molecule has 0 fully saturated rings. The van der Waals surface area contributed by atoms with Crippen molar-refractivity contribution >= 4 is 60.4 Å². The molecule has 12 aromatic rings. The van der Waals surface area contributed by atoms with E-state index in [1.165, 1.54) is 71.5 Å². The number of pyridine rings is 1. The number of rotatable bonds is 5. The van der Waals surface area contributed by atoms with E-state index in [9.17, 15) is 0 Å². The second-order valence-electron chi connectivity index (χ2n) is 16.6. The fourth-order valence-electron chi connectivity index (χ4n) is 10.3. The normalized spacial score (nSPS) is 12.3. The Bertz CT molecular complexity index is 3840. The number of nitrogens with zero attached hydrogens (tertiary/aromatic N) is 6. The van der Waals surface area contributed by atoms with Crippen LogP contribution in [0.5, 0.6) is 0 Å². The molecule has 0 unspecified atom stereocenters. The Morgan fingerprint density at radius 3 is 1.78 bits per heavy atom. The zero-order valence-electron chi connectivity index (χ0n) is 34.3. The largest absolute Gasteiger partial charge is 0.309 e. The molecule has 2 aliphatic rings. The highest BCUT2D eigenvalue weighted by molar-refractivity contribution is 6.25. The van der Waals surface area contributed by atoms with E-state index in [4.69, 9.17) is 19.9 Å². The molecule has 0 saturated heterocycles. The van der Waals surface area contributed by atoms with Gasteiger partial charge in [-0.1, -0.05) is 140 Å². The fourth-order valence-corrected chi connectivity index (χ4v) is 10.3. The Balaban J connectivity index is 0.901. The van der Waals surface area contributed by atoms with E-state index in [1.54, 1.807) is 0 Å². The van der Waals surface area contributed by atoms with E-state index in [2.05, 4.69) is 149 Å². The highest BCUT2D eigenvalue weighted by atomic mass is 15.2. The molecule has 0 amide bonds. The minimum atomic E-state index is 0.634. The van der Waals surface area contributed by atoms with Gasteiger partial charge in [0.1, 0.15) is 0 Å². The standard InChI is InChI=1S/C58H34N6/c1-3-12-36(13-4-1)56-60-57(37-14-5-2-6-15-37)62-58(61-56)38-23-27-40(28-24-38)63-48-21-8-7-17-42(48)47-34-39(26-31-49(47)63)41-30-32-50-53-43(41)18-10-19-44(53)45-29-25-35-16-9-20-46-52(35)55(45)64(50)51-22-11-33-59-54(46)51/h1-34H. The van der Waals surface area contributed by atoms with Crippen molar-refractivity contribution in [3.8, 4) is 73.4 Å². The molecule has 5 heterocycles. The van der Waals surface area contributed by atoms with Gasteiger partial charge >= 0.3 is 0 Å². The summed E-state index contributed by atoms with van der Waals surface area (Å²) in [4.78, 5) is 22.3. The lowest BCUT2D eigenvalue weighted by Crippen LogP contribution is -2.19. The lowest BCUT2D eigenvalue weighted by molar-refractivity contribution is 1.07. The van der Waals surface area contributed by atoms with E-state index >= 15 is 0 Å². The van der Waals surface area contributed by atoms with Crippen molar-refractivity contribution in [3.63, 3.8) is 0 Å². The lowest BCUT2D eigenvalue weighted by atomic mass is 9.83. The predicted molar refractivity (Wildman–Crippen MR) is 261 cm³/mol. The molecular formula is C58H34N6. The minimum Gasteiger partial charge on any atom is -0.309 e. The summed E-state index contributed by atoms with van der Waals surface area (Å²) in [5.74, 6) is 1.93. The molecule has 6 nitrogen and oxygen atoms in total. The molecular weight excluding hydrogens is 781 g/mol. The first kappa shape index (κ1) is 34.9. The maximum absolute atomic E-state index is 4.98. The lowest BCUT2D eigenvalue weighted by Gasteiger charge is -2.38. The van der Waals surface area contributed by atoms with Crippen LogP contribution in [0.1, 0.15) is 0 Å². The van der Waals surface area contributed by atoms with Crippen molar-refractivity contribution in [1.82, 2.24) is 24.5 Å². The van der Waals surface area contributed by atoms with Crippen LogP contribution in [-0.4, -0.2) is 24.5 Å². The van der Waals surface area contributed by atoms with E-state index in [0.717, 1.165) is 44.8 Å². The minimum absolute atomic E-state index is 0.634. The number of hydrogen-bond donors (Lipinski definition) is 0. The number of hydrogen-bond acceptors (Lipinski definition) is 5. The number of aromatic nitrogens is 5. The SMILES string of the molecule is c1ccc(-c2nc(-c3ccccc3)nc(-c3ccc(-n4c5ccccc5c5cc(-c6ccc7c8c(cccc68)-c6ccc8cccc9c8c6N7c6cccnc6-9)ccc54)cc3)n2)cc1. The zero-order chi connectivity index (χ0) is 41.9. The molecule has 9 aromatic carbocycles. The van der Waals surface area contributed by atoms with Gasteiger partial charge in [0.25, 0.3) is 0 Å². The van der Waals surface area contributed by atoms with Gasteiger partial charge in [-0.05, 0) is 88.1 Å². The topological polar surface area (TPSA) is 59.7 Å². The van der Waals surface area contributed by atoms with Crippen molar-refractivity contribution in [1.29, 1.82) is 0 Å². The predicted octanol–water partition coefficient (Wildman–Crippen LogP) is 14.8. The summed E-state index contributed by atoms with van der Waals surface area (Å²) in [5, 5.41) is 7.38. The smallest absolute Gasteiger partial charge is 0.164 e. The van der Waals surface area contributed by atoms with Crippen molar-refractivity contribution in [2.75, 3.05) is 4.90 Å². The molecule has 64 heavy (non-hydrogen) atoms. The Labute approximate surface area is 368 Å². The molecule has 0 N–H and O–H groups in total. The van der Waals surface area contributed by atoms with E-state index in [0.29, 0.717) is 17.5 Å². The summed E-state index contributed by atoms with van der Waals surface area (Å²) in [6.07, 6.45) is 1.91. The van der Waals surface area contributed by atoms with Crippen molar-refractivity contribution in [2.45, 2.75) is 0 Å². The third-order valence-corrected chi connectivity index (χ3v) is 13.1. The first-order valence-electron chi connectivity index (χ1n) is 21.6. The summed E-state index contributed by atoms with van der Waals surface area (Å²) in [5.41, 5.74) is 16.8. The highest BCUT2D eigenvalue weighted by Crippen LogP contribution is 2.59. The fraction of sp³-hybridized carbons (Fsp3) is 0. The first-order valence-corrected chi connectivity index (χ1v) is 21.6. The molecule has 0 radical (unpaired) electrons. The molecule has 6 heteroatoms. The molecule has 0 saturated carbocycles. The van der Waals surface area contributed by atoms with Crippen LogP contribution in [0.3, 0.4) is 0 Å². The van der Waals surface area contributed by atoms with Gasteiger partial charge in [0.15, 0.2) is 17.5 Å². The van der Waals surface area contributed by atoms with Crippen molar-refractivity contribution in [3.05, 3.63) is 206 Å². The molecule has 0 aliphatic carbocycles. The van der Waals surface area contributed by atoms with Gasteiger partial charge in [-0.25, -0.2) is 15.0 Å². The average molecular weight is 815 g/mol. The Hall–Kier alpha value is -8.74. The van der Waals surface area contributed by atoms with Crippen LogP contribution in [0, 0.1) is 0 Å². The van der Waals surface area contributed by atoms with Crippen LogP contribution in [0.15, 0.2) is 206 Å². The van der Waals surface area contributed by atoms with Crippen LogP contribution >= 0.6 is 0 Å². The molecule has 14 rings (SSSR count). The maximum Gasteiger partial charge on any atom is 0.164 e. The van der Waals surface area contributed by atoms with Crippen LogP contribution in [-0.2, 0) is 0 Å². The Kier molecular flexibility index (Phi) is 7.30. The molecule has 0 spiro atoms. The van der Waals surface area contributed by atoms with Crippen molar-refractivity contribution in [2.24, 2.45) is 0 Å². The molecule has 0 bridgehead atoms. The summed E-state index contributed by atoms with van der Waals surface area (Å²) >= 11 is 0. The summed E-state index contributed by atoms with van der Waals surface area (Å²) in [7, 11) is 0. The van der Waals surface area contributed by atoms with Gasteiger partial charge in [-0.15, -0.1) is 0 Å². The number of anilines is 3. The zero-order valence-corrected chi connectivity index (χ0v) is 34.3. The number of fused-ring (bicyclic) bond motifs is 8. The third-order valence-electron chi connectivity index (χ3n) is 13.1. The average Bonchev–Trinajstić information content (AvgIpc) is 3.70. The molecule has 3 aromatic heterocycles. The van der Waals surface area contributed by atoms with Gasteiger partial charge in [0.05, 0.1) is 33.8 Å². The quantitative estimate of drug-likeness (QED) is 0.173. The van der Waals surface area contributed by atoms with Gasteiger partial charge < -0.3 is 9.47 Å². The molecule has 296 valence electrons. The van der Waals surface area contributed by atoms with E-state index in [-0.39, 0.29) is 0 Å². The second-order valence-corrected chi connectivity index (χ2v) is 16.6. The first-order chi connectivity index (χ1) is 31.7. The van der Waals surface area contributed by atoms with Gasteiger partial charge in [0, 0.05) is 61.2 Å². The molecule has 2 aliphatic heterocycles. The summed E-state index contributed by atoms with van der Waals surface area (Å²) in [6.45, 7) is 0. The van der Waals surface area contributed by atoms with Gasteiger partial charge in [-0.2, -0.15) is 0 Å². The highest BCUT2D eigenvalue weighted by Gasteiger charge is 2.34. The summed E-state index contributed by atoms with van der Waals surface area (Å²) < 4.78 is 2.37. The Morgan fingerprint density at radius 2 is 1.00 bits per heavy atom. The van der Waals surface area contributed by atoms with Crippen LogP contribution in [0.4, 0.5) is 17.1 Å². The van der Waals surface area contributed by atoms with Gasteiger partial charge in [0.2, 0.25) is 0 Å². The van der Waals surface area contributed by atoms with E-state index < -0.39 is 0 Å². The summed E-state index contributed by atoms with van der Waals surface area (Å²) in [6, 6.07) is 71.3. The van der Waals surface area contributed by atoms with Crippen LogP contribution in [0.25, 0.3) is 117 Å². The van der Waals surface area contributed by atoms with Crippen LogP contribution in [0.2, 0.25) is 0 Å². The van der Waals surface area contributed by atoms with E-state index in [1.807, 2.05) is 66.9 Å². The number of benzene rings is 9.